The second-order valence-corrected chi connectivity index (χ2v) is 11.1. The number of benzene rings is 3. The molecule has 0 saturated heterocycles. The van der Waals surface area contributed by atoms with E-state index in [2.05, 4.69) is 39.2 Å². The third-order valence-corrected chi connectivity index (χ3v) is 7.29. The van der Waals surface area contributed by atoms with Crippen LogP contribution in [0.1, 0.15) is 85.5 Å². The van der Waals surface area contributed by atoms with Crippen LogP contribution in [0, 0.1) is 0 Å². The first kappa shape index (κ1) is 36.9. The number of unbranched alkanes of at least 4 members (excludes halogenated alkanes) is 4. The Morgan fingerprint density at radius 2 is 1.19 bits per heavy atom. The Hall–Kier alpha value is -4.60. The molecule has 0 N–H and O–H groups in total. The van der Waals surface area contributed by atoms with Gasteiger partial charge in [0.25, 0.3) is 0 Å². The van der Waals surface area contributed by atoms with Crippen molar-refractivity contribution in [2.75, 3.05) is 24.6 Å². The molecule has 10 nitrogen and oxygen atoms in total. The molecule has 0 saturated carbocycles. The summed E-state index contributed by atoms with van der Waals surface area (Å²) >= 11 is 0. The molecule has 0 aliphatic carbocycles. The first-order valence-corrected chi connectivity index (χ1v) is 16.8. The maximum Gasteiger partial charge on any atom is 0.308 e. The molecule has 0 aliphatic heterocycles. The van der Waals surface area contributed by atoms with Crippen molar-refractivity contribution in [1.29, 1.82) is 0 Å². The normalized spacial score (nSPS) is 11.9. The molecule has 47 heavy (non-hydrogen) atoms. The van der Waals surface area contributed by atoms with E-state index in [0.29, 0.717) is 55.2 Å². The maximum atomic E-state index is 12.1. The highest BCUT2D eigenvalue weighted by Gasteiger charge is 2.16. The molecule has 252 valence electrons. The average molecular weight is 644 g/mol. The number of hydrogen-bond donors (Lipinski definition) is 0. The van der Waals surface area contributed by atoms with Crippen LogP contribution in [0.4, 0.5) is 28.4 Å². The standard InChI is InChI=1S/C37H49N5O5/c1-5-9-10-11-12-14-37(47-36(44)13-6-2)46-34-25-21-32(22-26-34)41-39-30-17-15-29(16-18-30)38-40-31-19-23-33(24-20-31)42(8-4)27-28-45-35(43)7-3/h15-26,37H,5-14,27-28H2,1-4H3. The van der Waals surface area contributed by atoms with Gasteiger partial charge in [0.15, 0.2) is 0 Å². The van der Waals surface area contributed by atoms with Gasteiger partial charge in [-0.1, -0.05) is 46.5 Å². The molecule has 1 atom stereocenters. The van der Waals surface area contributed by atoms with E-state index in [0.717, 1.165) is 37.2 Å². The maximum absolute atomic E-state index is 12.1. The summed E-state index contributed by atoms with van der Waals surface area (Å²) in [5, 5.41) is 17.4. The van der Waals surface area contributed by atoms with Crippen molar-refractivity contribution >= 4 is 40.4 Å². The van der Waals surface area contributed by atoms with E-state index in [-0.39, 0.29) is 11.9 Å². The molecular weight excluding hydrogens is 594 g/mol. The van der Waals surface area contributed by atoms with E-state index in [9.17, 15) is 9.59 Å². The molecule has 3 aromatic carbocycles. The van der Waals surface area contributed by atoms with Gasteiger partial charge in [-0.15, -0.1) is 0 Å². The lowest BCUT2D eigenvalue weighted by Gasteiger charge is -2.22. The van der Waals surface area contributed by atoms with Crippen LogP contribution in [0.15, 0.2) is 93.3 Å². The van der Waals surface area contributed by atoms with Crippen LogP contribution in [0.25, 0.3) is 0 Å². The highest BCUT2D eigenvalue weighted by Crippen LogP contribution is 2.26. The second kappa shape index (κ2) is 21.2. The van der Waals surface area contributed by atoms with Gasteiger partial charge in [0.05, 0.1) is 29.3 Å². The zero-order valence-corrected chi connectivity index (χ0v) is 28.3. The molecule has 1 unspecified atom stereocenters. The van der Waals surface area contributed by atoms with Crippen LogP contribution in [-0.2, 0) is 19.1 Å². The molecule has 0 spiro atoms. The Morgan fingerprint density at radius 3 is 1.70 bits per heavy atom. The Kier molecular flexibility index (Phi) is 16.7. The molecule has 0 radical (unpaired) electrons. The summed E-state index contributed by atoms with van der Waals surface area (Å²) in [6.45, 7) is 9.78. The Labute approximate surface area is 279 Å². The smallest absolute Gasteiger partial charge is 0.308 e. The van der Waals surface area contributed by atoms with Crippen LogP contribution >= 0.6 is 0 Å². The van der Waals surface area contributed by atoms with E-state index in [1.165, 1.54) is 19.3 Å². The van der Waals surface area contributed by atoms with Gasteiger partial charge in [0, 0.05) is 31.5 Å². The van der Waals surface area contributed by atoms with Gasteiger partial charge < -0.3 is 19.1 Å². The summed E-state index contributed by atoms with van der Waals surface area (Å²) in [6, 6.07) is 22.4. The number of carbonyl (C=O) groups excluding carboxylic acids is 2. The Bertz CT molecular complexity index is 1390. The van der Waals surface area contributed by atoms with Crippen LogP contribution in [0.3, 0.4) is 0 Å². The zero-order valence-electron chi connectivity index (χ0n) is 28.3. The quantitative estimate of drug-likeness (QED) is 0.0494. The first-order chi connectivity index (χ1) is 22.9. The van der Waals surface area contributed by atoms with Gasteiger partial charge >= 0.3 is 11.9 Å². The SMILES string of the molecule is CCCCCCCC(OC(=O)CCC)Oc1ccc(N=Nc2ccc(N=Nc3ccc(N(CC)CCOC(=O)CC)cc3)cc2)cc1. The lowest BCUT2D eigenvalue weighted by Crippen LogP contribution is -2.27. The number of esters is 2. The first-order valence-electron chi connectivity index (χ1n) is 16.8. The predicted octanol–water partition coefficient (Wildman–Crippen LogP) is 10.7. The summed E-state index contributed by atoms with van der Waals surface area (Å²) in [6.07, 6.45) is 7.18. The lowest BCUT2D eigenvalue weighted by molar-refractivity contribution is -0.164. The molecule has 10 heteroatoms. The molecule has 0 bridgehead atoms. The summed E-state index contributed by atoms with van der Waals surface area (Å²) in [4.78, 5) is 25.6. The van der Waals surface area contributed by atoms with E-state index < -0.39 is 6.29 Å². The highest BCUT2D eigenvalue weighted by atomic mass is 16.7. The Morgan fingerprint density at radius 1 is 0.660 bits per heavy atom. The summed E-state index contributed by atoms with van der Waals surface area (Å²) in [5.41, 5.74) is 3.81. The third kappa shape index (κ3) is 14.1. The van der Waals surface area contributed by atoms with E-state index in [4.69, 9.17) is 14.2 Å². The number of rotatable bonds is 21. The van der Waals surface area contributed by atoms with E-state index >= 15 is 0 Å². The van der Waals surface area contributed by atoms with E-state index in [1.807, 2.05) is 79.7 Å². The minimum Gasteiger partial charge on any atom is -0.464 e. The molecule has 3 rings (SSSR count). The lowest BCUT2D eigenvalue weighted by atomic mass is 10.1. The summed E-state index contributed by atoms with van der Waals surface area (Å²) in [7, 11) is 0. The number of azo groups is 2. The monoisotopic (exact) mass is 643 g/mol. The van der Waals surface area contributed by atoms with Crippen molar-refractivity contribution in [3.05, 3.63) is 72.8 Å². The number of anilines is 1. The van der Waals surface area contributed by atoms with Gasteiger partial charge in [-0.05, 0) is 92.6 Å². The number of nitrogens with zero attached hydrogens (tertiary/aromatic N) is 5. The van der Waals surface area contributed by atoms with Crippen molar-refractivity contribution in [2.45, 2.75) is 91.8 Å². The number of ether oxygens (including phenoxy) is 3. The van der Waals surface area contributed by atoms with Gasteiger partial charge in [0.1, 0.15) is 12.4 Å². The molecule has 3 aromatic rings. The fourth-order valence-electron chi connectivity index (χ4n) is 4.60. The van der Waals surface area contributed by atoms with Crippen LogP contribution < -0.4 is 9.64 Å². The minimum absolute atomic E-state index is 0.189. The zero-order chi connectivity index (χ0) is 33.7. The number of hydrogen-bond acceptors (Lipinski definition) is 10. The Balaban J connectivity index is 1.51. The van der Waals surface area contributed by atoms with Crippen molar-refractivity contribution in [3.63, 3.8) is 0 Å². The van der Waals surface area contributed by atoms with Crippen LogP contribution in [-0.4, -0.2) is 37.9 Å². The molecule has 0 heterocycles. The number of carbonyl (C=O) groups is 2. The molecule has 0 aromatic heterocycles. The largest absolute Gasteiger partial charge is 0.464 e. The fourth-order valence-corrected chi connectivity index (χ4v) is 4.60. The van der Waals surface area contributed by atoms with Crippen molar-refractivity contribution in [2.24, 2.45) is 20.5 Å². The van der Waals surface area contributed by atoms with Crippen molar-refractivity contribution in [1.82, 2.24) is 0 Å². The third-order valence-electron chi connectivity index (χ3n) is 7.29. The van der Waals surface area contributed by atoms with Crippen molar-refractivity contribution in [3.8, 4) is 5.75 Å². The van der Waals surface area contributed by atoms with E-state index in [1.54, 1.807) is 6.92 Å². The van der Waals surface area contributed by atoms with Crippen LogP contribution in [0.2, 0.25) is 0 Å². The predicted molar refractivity (Wildman–Crippen MR) is 186 cm³/mol. The summed E-state index contributed by atoms with van der Waals surface area (Å²) in [5.74, 6) is 0.196. The molecular formula is C37H49N5O5. The molecule has 0 fully saturated rings. The molecule has 0 aliphatic rings. The van der Waals surface area contributed by atoms with Crippen molar-refractivity contribution < 1.29 is 23.8 Å². The topological polar surface area (TPSA) is 115 Å². The van der Waals surface area contributed by atoms with Crippen LogP contribution in [0.5, 0.6) is 5.75 Å². The molecule has 0 amide bonds. The summed E-state index contributed by atoms with van der Waals surface area (Å²) < 4.78 is 16.8. The highest BCUT2D eigenvalue weighted by molar-refractivity contribution is 5.69. The van der Waals surface area contributed by atoms with Gasteiger partial charge in [0.2, 0.25) is 6.29 Å². The van der Waals surface area contributed by atoms with Gasteiger partial charge in [-0.2, -0.15) is 20.5 Å². The second-order valence-electron chi connectivity index (χ2n) is 11.1. The fraction of sp³-hybridized carbons (Fsp3) is 0.459. The number of likely N-dealkylation sites (N-methyl/N-ethyl adjacent to an activating group) is 1. The average Bonchev–Trinajstić information content (AvgIpc) is 3.09. The van der Waals surface area contributed by atoms with Gasteiger partial charge in [-0.25, -0.2) is 0 Å². The minimum atomic E-state index is -0.598. The van der Waals surface area contributed by atoms with Gasteiger partial charge in [-0.3, -0.25) is 9.59 Å².